The lowest BCUT2D eigenvalue weighted by Crippen LogP contribution is -2.24. The highest BCUT2D eigenvalue weighted by Crippen LogP contribution is 2.29. The molecule has 0 aromatic heterocycles. The van der Waals surface area contributed by atoms with Crippen molar-refractivity contribution in [2.24, 2.45) is 11.8 Å². The summed E-state index contributed by atoms with van der Waals surface area (Å²) < 4.78 is 0. The largest absolute Gasteiger partial charge is 0.294 e. The van der Waals surface area contributed by atoms with Crippen LogP contribution in [0.5, 0.6) is 0 Å². The maximum atomic E-state index is 12.7. The summed E-state index contributed by atoms with van der Waals surface area (Å²) in [6.45, 7) is 6.63. The molecule has 0 saturated carbocycles. The SMILES string of the molecule is CCCCC(CCCC)C(CC)C(=O)c1ccccc1. The number of hydrogen-bond donors (Lipinski definition) is 0. The molecule has 1 aromatic rings. The molecule has 0 saturated heterocycles. The average molecular weight is 274 g/mol. The fraction of sp³-hybridized carbons (Fsp3) is 0.632. The summed E-state index contributed by atoms with van der Waals surface area (Å²) in [5.74, 6) is 1.12. The summed E-state index contributed by atoms with van der Waals surface area (Å²) in [6, 6.07) is 9.83. The molecular formula is C19H30O. The highest BCUT2D eigenvalue weighted by molar-refractivity contribution is 5.97. The zero-order valence-electron chi connectivity index (χ0n) is 13.4. The Balaban J connectivity index is 2.79. The van der Waals surface area contributed by atoms with Crippen LogP contribution in [0, 0.1) is 11.8 Å². The van der Waals surface area contributed by atoms with Crippen molar-refractivity contribution in [3.8, 4) is 0 Å². The van der Waals surface area contributed by atoms with Crippen LogP contribution in [0.1, 0.15) is 76.1 Å². The molecule has 0 radical (unpaired) electrons. The lowest BCUT2D eigenvalue weighted by molar-refractivity contribution is 0.0851. The minimum Gasteiger partial charge on any atom is -0.294 e. The van der Waals surface area contributed by atoms with Crippen LogP contribution in [0.4, 0.5) is 0 Å². The van der Waals surface area contributed by atoms with Gasteiger partial charge in [0.15, 0.2) is 5.78 Å². The minimum atomic E-state index is 0.204. The van der Waals surface area contributed by atoms with Crippen LogP contribution < -0.4 is 0 Å². The number of carbonyl (C=O) groups is 1. The van der Waals surface area contributed by atoms with E-state index in [1.165, 1.54) is 38.5 Å². The van der Waals surface area contributed by atoms with Gasteiger partial charge in [-0.15, -0.1) is 0 Å². The van der Waals surface area contributed by atoms with Gasteiger partial charge >= 0.3 is 0 Å². The Morgan fingerprint density at radius 3 is 1.95 bits per heavy atom. The molecule has 1 nitrogen and oxygen atoms in total. The maximum absolute atomic E-state index is 12.7. The predicted molar refractivity (Wildman–Crippen MR) is 87.1 cm³/mol. The minimum absolute atomic E-state index is 0.204. The highest BCUT2D eigenvalue weighted by Gasteiger charge is 2.26. The van der Waals surface area contributed by atoms with Crippen LogP contribution in [0.3, 0.4) is 0 Å². The van der Waals surface area contributed by atoms with Gasteiger partial charge in [0.1, 0.15) is 0 Å². The second-order valence-corrected chi connectivity index (χ2v) is 5.79. The molecule has 0 amide bonds. The Bertz CT molecular complexity index is 361. The second kappa shape index (κ2) is 9.74. The lowest BCUT2D eigenvalue weighted by Gasteiger charge is -2.25. The first kappa shape index (κ1) is 16.9. The molecule has 1 atom stereocenters. The summed E-state index contributed by atoms with van der Waals surface area (Å²) in [5.41, 5.74) is 0.886. The van der Waals surface area contributed by atoms with E-state index < -0.39 is 0 Å². The molecule has 0 N–H and O–H groups in total. The monoisotopic (exact) mass is 274 g/mol. The zero-order chi connectivity index (χ0) is 14.8. The van der Waals surface area contributed by atoms with E-state index in [1.54, 1.807) is 0 Å². The molecule has 0 spiro atoms. The number of carbonyl (C=O) groups excluding carboxylic acids is 1. The van der Waals surface area contributed by atoms with E-state index in [0.717, 1.165) is 12.0 Å². The van der Waals surface area contributed by atoms with Crippen LogP contribution in [0.2, 0.25) is 0 Å². The van der Waals surface area contributed by atoms with Gasteiger partial charge in [-0.3, -0.25) is 4.79 Å². The van der Waals surface area contributed by atoms with Gasteiger partial charge in [-0.1, -0.05) is 76.8 Å². The van der Waals surface area contributed by atoms with Crippen molar-refractivity contribution in [2.45, 2.75) is 65.7 Å². The van der Waals surface area contributed by atoms with Gasteiger partial charge in [0, 0.05) is 11.5 Å². The molecule has 1 aromatic carbocycles. The van der Waals surface area contributed by atoms with Crippen LogP contribution in [0.25, 0.3) is 0 Å². The van der Waals surface area contributed by atoms with Gasteiger partial charge < -0.3 is 0 Å². The first-order valence-corrected chi connectivity index (χ1v) is 8.33. The third-order valence-corrected chi connectivity index (χ3v) is 4.26. The molecule has 20 heavy (non-hydrogen) atoms. The van der Waals surface area contributed by atoms with Gasteiger partial charge in [-0.25, -0.2) is 0 Å². The number of benzene rings is 1. The van der Waals surface area contributed by atoms with Gasteiger partial charge in [0.05, 0.1) is 0 Å². The van der Waals surface area contributed by atoms with Gasteiger partial charge in [0.25, 0.3) is 0 Å². The maximum Gasteiger partial charge on any atom is 0.166 e. The molecule has 0 heterocycles. The Morgan fingerprint density at radius 1 is 0.950 bits per heavy atom. The Kier molecular flexibility index (Phi) is 8.25. The Morgan fingerprint density at radius 2 is 1.50 bits per heavy atom. The third kappa shape index (κ3) is 5.11. The van der Waals surface area contributed by atoms with E-state index in [9.17, 15) is 4.79 Å². The molecule has 1 heteroatoms. The van der Waals surface area contributed by atoms with E-state index in [0.29, 0.717) is 11.7 Å². The number of hydrogen-bond acceptors (Lipinski definition) is 1. The molecule has 0 fully saturated rings. The molecule has 112 valence electrons. The van der Waals surface area contributed by atoms with E-state index >= 15 is 0 Å². The first-order valence-electron chi connectivity index (χ1n) is 8.33. The third-order valence-electron chi connectivity index (χ3n) is 4.26. The predicted octanol–water partition coefficient (Wildman–Crippen LogP) is 5.89. The standard InChI is InChI=1S/C19H30O/c1-4-7-12-16(13-8-5-2)18(6-3)19(20)17-14-10-9-11-15-17/h9-11,14-16,18H,4-8,12-13H2,1-3H3. The molecule has 1 rings (SSSR count). The average Bonchev–Trinajstić information content (AvgIpc) is 2.50. The van der Waals surface area contributed by atoms with Crippen molar-refractivity contribution < 1.29 is 4.79 Å². The van der Waals surface area contributed by atoms with Crippen LogP contribution in [-0.4, -0.2) is 5.78 Å². The summed E-state index contributed by atoms with van der Waals surface area (Å²) in [4.78, 5) is 12.7. The van der Waals surface area contributed by atoms with Gasteiger partial charge in [-0.2, -0.15) is 0 Å². The van der Waals surface area contributed by atoms with Crippen LogP contribution in [-0.2, 0) is 0 Å². The topological polar surface area (TPSA) is 17.1 Å². The van der Waals surface area contributed by atoms with E-state index in [1.807, 2.05) is 30.3 Å². The summed E-state index contributed by atoms with van der Waals surface area (Å²) in [5, 5.41) is 0. The summed E-state index contributed by atoms with van der Waals surface area (Å²) >= 11 is 0. The second-order valence-electron chi connectivity index (χ2n) is 5.79. The van der Waals surface area contributed by atoms with Crippen molar-refractivity contribution in [3.05, 3.63) is 35.9 Å². The van der Waals surface area contributed by atoms with Crippen molar-refractivity contribution >= 4 is 5.78 Å². The molecule has 0 bridgehead atoms. The first-order chi connectivity index (χ1) is 9.74. The van der Waals surface area contributed by atoms with Crippen molar-refractivity contribution in [1.29, 1.82) is 0 Å². The summed E-state index contributed by atoms with van der Waals surface area (Å²) in [7, 11) is 0. The van der Waals surface area contributed by atoms with Crippen molar-refractivity contribution in [1.82, 2.24) is 0 Å². The smallest absolute Gasteiger partial charge is 0.166 e. The van der Waals surface area contributed by atoms with Crippen LogP contribution in [0.15, 0.2) is 30.3 Å². The number of ketones is 1. The highest BCUT2D eigenvalue weighted by atomic mass is 16.1. The van der Waals surface area contributed by atoms with Gasteiger partial charge in [-0.05, 0) is 25.2 Å². The Hall–Kier alpha value is -1.11. The van der Waals surface area contributed by atoms with Crippen molar-refractivity contribution in [3.63, 3.8) is 0 Å². The lowest BCUT2D eigenvalue weighted by atomic mass is 9.78. The van der Waals surface area contributed by atoms with E-state index in [4.69, 9.17) is 0 Å². The molecule has 0 aliphatic rings. The van der Waals surface area contributed by atoms with Crippen LogP contribution >= 0.6 is 0 Å². The zero-order valence-corrected chi connectivity index (χ0v) is 13.4. The van der Waals surface area contributed by atoms with Gasteiger partial charge in [0.2, 0.25) is 0 Å². The van der Waals surface area contributed by atoms with Crippen molar-refractivity contribution in [2.75, 3.05) is 0 Å². The van der Waals surface area contributed by atoms with E-state index in [-0.39, 0.29) is 5.92 Å². The van der Waals surface area contributed by atoms with E-state index in [2.05, 4.69) is 20.8 Å². The fourth-order valence-electron chi connectivity index (χ4n) is 3.03. The molecular weight excluding hydrogens is 244 g/mol. The Labute approximate surface area is 124 Å². The quantitative estimate of drug-likeness (QED) is 0.486. The number of unbranched alkanes of at least 4 members (excludes halogenated alkanes) is 2. The molecule has 1 unspecified atom stereocenters. The molecule has 0 aliphatic heterocycles. The summed E-state index contributed by atoms with van der Waals surface area (Å²) in [6.07, 6.45) is 8.30. The fourth-order valence-corrected chi connectivity index (χ4v) is 3.03. The molecule has 0 aliphatic carbocycles. The number of Topliss-reactive ketones (excluding diaryl/α,β-unsaturated/α-hetero) is 1. The number of rotatable bonds is 10. The normalized spacial score (nSPS) is 12.6.